The summed E-state index contributed by atoms with van der Waals surface area (Å²) in [5, 5.41) is 10.5. The van der Waals surface area contributed by atoms with Crippen LogP contribution in [0.2, 0.25) is 10.0 Å². The highest BCUT2D eigenvalue weighted by Crippen LogP contribution is 2.28. The van der Waals surface area contributed by atoms with Crippen LogP contribution in [0.5, 0.6) is 0 Å². The van der Waals surface area contributed by atoms with Crippen LogP contribution in [0.1, 0.15) is 18.6 Å². The molecule has 1 rings (SSSR count). The minimum Gasteiger partial charge on any atom is -0.387 e. The van der Waals surface area contributed by atoms with Gasteiger partial charge in [-0.25, -0.2) is 0 Å². The van der Waals surface area contributed by atoms with Crippen LogP contribution in [0.15, 0.2) is 18.2 Å². The molecule has 2 atom stereocenters. The van der Waals surface area contributed by atoms with E-state index in [0.717, 1.165) is 0 Å². The van der Waals surface area contributed by atoms with E-state index in [0.29, 0.717) is 5.02 Å². The number of aliphatic hydroxyl groups is 1. The fourth-order valence-corrected chi connectivity index (χ4v) is 2.32. The van der Waals surface area contributed by atoms with Gasteiger partial charge in [0.15, 0.2) is 0 Å². The summed E-state index contributed by atoms with van der Waals surface area (Å²) >= 11 is 11.6. The lowest BCUT2D eigenvalue weighted by atomic mass is 10.0. The molecule has 0 saturated heterocycles. The van der Waals surface area contributed by atoms with Crippen molar-refractivity contribution in [1.82, 2.24) is 4.72 Å². The summed E-state index contributed by atoms with van der Waals surface area (Å²) in [5.74, 6) is 0. The molecule has 0 spiro atoms. The lowest BCUT2D eigenvalue weighted by Crippen LogP contribution is -2.36. The van der Waals surface area contributed by atoms with Gasteiger partial charge in [0, 0.05) is 15.6 Å². The molecule has 0 aromatic heterocycles. The first-order valence-electron chi connectivity index (χ1n) is 4.58. The minimum absolute atomic E-state index is 0.255. The molecule has 8 heteroatoms. The average molecular weight is 300 g/mol. The molecule has 0 amide bonds. The van der Waals surface area contributed by atoms with E-state index in [1.54, 1.807) is 6.07 Å². The quantitative estimate of drug-likeness (QED) is 0.740. The predicted octanol–water partition coefficient (Wildman–Crippen LogP) is 1.81. The molecular formula is C9H11Cl2NO4S. The molecule has 1 aromatic carbocycles. The number of halogens is 2. The third-order valence-electron chi connectivity index (χ3n) is 2.09. The van der Waals surface area contributed by atoms with E-state index >= 15 is 0 Å². The molecule has 0 aliphatic rings. The maximum Gasteiger partial charge on any atom is 0.333 e. The molecule has 0 aliphatic carbocycles. The van der Waals surface area contributed by atoms with Crippen LogP contribution >= 0.6 is 23.2 Å². The minimum atomic E-state index is -4.39. The van der Waals surface area contributed by atoms with E-state index in [9.17, 15) is 13.5 Å². The molecule has 0 radical (unpaired) electrons. The molecule has 0 aliphatic heterocycles. The highest BCUT2D eigenvalue weighted by Gasteiger charge is 2.22. The van der Waals surface area contributed by atoms with Crippen molar-refractivity contribution < 1.29 is 18.1 Å². The molecule has 96 valence electrons. The van der Waals surface area contributed by atoms with Crippen molar-refractivity contribution in [2.45, 2.75) is 19.1 Å². The molecule has 3 N–H and O–H groups in total. The highest BCUT2D eigenvalue weighted by atomic mass is 35.5. The standard InChI is InChI=1S/C9H11Cl2NO4S/c1-5(12-17(14,15)16)9(13)7-4-6(10)2-3-8(7)11/h2-5,9,12-13H,1H3,(H,14,15,16)/t5-,9+/m1/s1. The van der Waals surface area contributed by atoms with Gasteiger partial charge in [-0.3, -0.25) is 4.55 Å². The van der Waals surface area contributed by atoms with Gasteiger partial charge in [-0.2, -0.15) is 13.1 Å². The van der Waals surface area contributed by atoms with Crippen LogP contribution in [0.3, 0.4) is 0 Å². The van der Waals surface area contributed by atoms with Gasteiger partial charge < -0.3 is 5.11 Å². The molecule has 17 heavy (non-hydrogen) atoms. The zero-order valence-electron chi connectivity index (χ0n) is 8.76. The van der Waals surface area contributed by atoms with Crippen LogP contribution in [0.25, 0.3) is 0 Å². The molecule has 0 saturated carbocycles. The second kappa shape index (κ2) is 5.51. The Morgan fingerprint density at radius 2 is 1.94 bits per heavy atom. The molecule has 5 nitrogen and oxygen atoms in total. The van der Waals surface area contributed by atoms with Crippen LogP contribution in [-0.4, -0.2) is 24.1 Å². The number of rotatable bonds is 4. The van der Waals surface area contributed by atoms with E-state index in [1.165, 1.54) is 19.1 Å². The zero-order chi connectivity index (χ0) is 13.2. The number of hydrogen-bond donors (Lipinski definition) is 3. The maximum absolute atomic E-state index is 10.6. The van der Waals surface area contributed by atoms with Gasteiger partial charge in [0.2, 0.25) is 0 Å². The topological polar surface area (TPSA) is 86.6 Å². The molecular weight excluding hydrogens is 289 g/mol. The highest BCUT2D eigenvalue weighted by molar-refractivity contribution is 7.83. The maximum atomic E-state index is 10.6. The van der Waals surface area contributed by atoms with Crippen LogP contribution in [-0.2, 0) is 10.3 Å². The summed E-state index contributed by atoms with van der Waals surface area (Å²) in [6, 6.07) is 3.52. The summed E-state index contributed by atoms with van der Waals surface area (Å²) in [7, 11) is -4.39. The second-order valence-corrected chi connectivity index (χ2v) is 5.52. The van der Waals surface area contributed by atoms with E-state index < -0.39 is 22.4 Å². The van der Waals surface area contributed by atoms with Crippen LogP contribution < -0.4 is 4.72 Å². The summed E-state index contributed by atoms with van der Waals surface area (Å²) in [5.41, 5.74) is 0.280. The van der Waals surface area contributed by atoms with E-state index in [1.807, 2.05) is 4.72 Å². The van der Waals surface area contributed by atoms with Crippen molar-refractivity contribution >= 4 is 33.5 Å². The lowest BCUT2D eigenvalue weighted by Gasteiger charge is -2.20. The van der Waals surface area contributed by atoms with Gasteiger partial charge in [-0.1, -0.05) is 23.2 Å². The normalized spacial score (nSPS) is 15.6. The van der Waals surface area contributed by atoms with Crippen molar-refractivity contribution in [3.05, 3.63) is 33.8 Å². The fraction of sp³-hybridized carbons (Fsp3) is 0.333. The Balaban J connectivity index is 2.96. The van der Waals surface area contributed by atoms with Crippen molar-refractivity contribution in [1.29, 1.82) is 0 Å². The number of aliphatic hydroxyl groups excluding tert-OH is 1. The van der Waals surface area contributed by atoms with Gasteiger partial charge in [-0.05, 0) is 25.1 Å². The van der Waals surface area contributed by atoms with Crippen molar-refractivity contribution in [2.75, 3.05) is 0 Å². The van der Waals surface area contributed by atoms with Gasteiger partial charge >= 0.3 is 10.3 Å². The Morgan fingerprint density at radius 3 is 2.47 bits per heavy atom. The van der Waals surface area contributed by atoms with Crippen molar-refractivity contribution in [3.63, 3.8) is 0 Å². The number of nitrogens with one attached hydrogen (secondary N) is 1. The van der Waals surface area contributed by atoms with Gasteiger partial charge in [0.25, 0.3) is 0 Å². The molecule has 1 aromatic rings. The van der Waals surface area contributed by atoms with Crippen LogP contribution in [0.4, 0.5) is 0 Å². The Kier molecular flexibility index (Phi) is 4.77. The smallest absolute Gasteiger partial charge is 0.333 e. The first-order chi connectivity index (χ1) is 7.70. The first-order valence-corrected chi connectivity index (χ1v) is 6.78. The largest absolute Gasteiger partial charge is 0.387 e. The van der Waals surface area contributed by atoms with Gasteiger partial charge in [-0.15, -0.1) is 0 Å². The van der Waals surface area contributed by atoms with Crippen molar-refractivity contribution in [2.24, 2.45) is 0 Å². The Bertz CT molecular complexity index is 506. The summed E-state index contributed by atoms with van der Waals surface area (Å²) < 4.78 is 31.6. The average Bonchev–Trinajstić information content (AvgIpc) is 2.18. The predicted molar refractivity (Wildman–Crippen MR) is 65.6 cm³/mol. The van der Waals surface area contributed by atoms with Gasteiger partial charge in [0.1, 0.15) is 0 Å². The van der Waals surface area contributed by atoms with Gasteiger partial charge in [0.05, 0.1) is 12.1 Å². The Morgan fingerprint density at radius 1 is 1.35 bits per heavy atom. The third kappa shape index (κ3) is 4.42. The van der Waals surface area contributed by atoms with E-state index in [4.69, 9.17) is 27.8 Å². The molecule has 0 heterocycles. The van der Waals surface area contributed by atoms with E-state index in [-0.39, 0.29) is 10.6 Å². The summed E-state index contributed by atoms with van der Waals surface area (Å²) in [4.78, 5) is 0. The number of hydrogen-bond acceptors (Lipinski definition) is 3. The molecule has 0 unspecified atom stereocenters. The molecule has 0 bridgehead atoms. The monoisotopic (exact) mass is 299 g/mol. The van der Waals surface area contributed by atoms with E-state index in [2.05, 4.69) is 0 Å². The fourth-order valence-electron chi connectivity index (χ4n) is 1.31. The Hall–Kier alpha value is -0.370. The summed E-state index contributed by atoms with van der Waals surface area (Å²) in [6.07, 6.45) is -1.22. The zero-order valence-corrected chi connectivity index (χ0v) is 11.1. The molecule has 0 fully saturated rings. The second-order valence-electron chi connectivity index (χ2n) is 3.49. The summed E-state index contributed by atoms with van der Waals surface area (Å²) in [6.45, 7) is 1.38. The third-order valence-corrected chi connectivity index (χ3v) is 3.33. The lowest BCUT2D eigenvalue weighted by molar-refractivity contribution is 0.145. The first kappa shape index (κ1) is 14.7. The number of benzene rings is 1. The van der Waals surface area contributed by atoms with Crippen LogP contribution in [0, 0.1) is 0 Å². The Labute approximate surface area is 109 Å². The SMILES string of the molecule is C[C@@H](NS(=O)(=O)O)[C@H](O)c1cc(Cl)ccc1Cl. The van der Waals surface area contributed by atoms with Crippen molar-refractivity contribution in [3.8, 4) is 0 Å².